The van der Waals surface area contributed by atoms with Crippen LogP contribution in [0.5, 0.6) is 0 Å². The number of nitrogens with one attached hydrogen (secondary N) is 1. The van der Waals surface area contributed by atoms with Crippen LogP contribution < -0.4 is 4.72 Å². The highest BCUT2D eigenvalue weighted by atomic mass is 32.2. The van der Waals surface area contributed by atoms with Crippen molar-refractivity contribution in [2.45, 2.75) is 62.7 Å². The van der Waals surface area contributed by atoms with Crippen molar-refractivity contribution in [1.82, 2.24) is 0 Å². The fraction of sp³-hybridized carbons (Fsp3) is 0.500. The van der Waals surface area contributed by atoms with Crippen LogP contribution in [-0.4, -0.2) is 8.42 Å². The van der Waals surface area contributed by atoms with Crippen LogP contribution in [0, 0.1) is 31.6 Å². The van der Waals surface area contributed by atoms with Crippen molar-refractivity contribution in [1.29, 1.82) is 0 Å². The third-order valence-electron chi connectivity index (χ3n) is 7.42. The fourth-order valence-electron chi connectivity index (χ4n) is 6.56. The van der Waals surface area contributed by atoms with Crippen LogP contribution in [0.15, 0.2) is 47.4 Å². The van der Waals surface area contributed by atoms with Gasteiger partial charge in [0.2, 0.25) is 0 Å². The highest BCUT2D eigenvalue weighted by Crippen LogP contribution is 2.60. The Balaban J connectivity index is 1.39. The highest BCUT2D eigenvalue weighted by molar-refractivity contribution is 7.92. The maximum atomic E-state index is 12.9. The molecule has 0 heterocycles. The zero-order chi connectivity index (χ0) is 19.5. The molecule has 4 saturated carbocycles. The first-order valence-corrected chi connectivity index (χ1v) is 12.0. The second-order valence-electron chi connectivity index (χ2n) is 9.65. The number of sulfonamides is 1. The predicted octanol–water partition coefficient (Wildman–Crippen LogP) is 5.57. The SMILES string of the molecule is Cc1ccc(C)c(S(=O)(=O)Nc2ccc(C34CC5CC(CC(C5)C3)C4)cc2)c1. The molecule has 3 nitrogen and oxygen atoms in total. The molecule has 4 fully saturated rings. The van der Waals surface area contributed by atoms with Gasteiger partial charge in [-0.15, -0.1) is 0 Å². The molecule has 0 atom stereocenters. The Bertz CT molecular complexity index is 972. The molecule has 0 radical (unpaired) electrons. The van der Waals surface area contributed by atoms with Gasteiger partial charge in [0, 0.05) is 5.69 Å². The minimum absolute atomic E-state index is 0.347. The number of hydrogen-bond donors (Lipinski definition) is 1. The summed E-state index contributed by atoms with van der Waals surface area (Å²) in [5.41, 5.74) is 4.13. The second kappa shape index (κ2) is 6.35. The van der Waals surface area contributed by atoms with Crippen LogP contribution in [0.3, 0.4) is 0 Å². The zero-order valence-electron chi connectivity index (χ0n) is 16.7. The molecule has 4 aliphatic carbocycles. The Kier molecular flexibility index (Phi) is 4.13. The average Bonchev–Trinajstić information content (AvgIpc) is 2.63. The Morgan fingerprint density at radius 2 is 1.43 bits per heavy atom. The molecular formula is C24H29NO2S. The van der Waals surface area contributed by atoms with Crippen molar-refractivity contribution in [2.24, 2.45) is 17.8 Å². The van der Waals surface area contributed by atoms with Gasteiger partial charge in [0.1, 0.15) is 0 Å². The van der Waals surface area contributed by atoms with E-state index in [0.29, 0.717) is 16.0 Å². The Hall–Kier alpha value is -1.81. The van der Waals surface area contributed by atoms with Crippen LogP contribution in [0.1, 0.15) is 55.2 Å². The van der Waals surface area contributed by atoms with Crippen LogP contribution in [0.2, 0.25) is 0 Å². The smallest absolute Gasteiger partial charge is 0.262 e. The number of benzene rings is 2. The van der Waals surface area contributed by atoms with Gasteiger partial charge < -0.3 is 0 Å². The molecule has 0 aromatic heterocycles. The van der Waals surface area contributed by atoms with Gasteiger partial charge in [-0.25, -0.2) is 8.42 Å². The monoisotopic (exact) mass is 395 g/mol. The van der Waals surface area contributed by atoms with Gasteiger partial charge in [-0.05, 0) is 110 Å². The van der Waals surface area contributed by atoms with Gasteiger partial charge in [-0.3, -0.25) is 4.72 Å². The van der Waals surface area contributed by atoms with Crippen molar-refractivity contribution in [3.8, 4) is 0 Å². The van der Waals surface area contributed by atoms with E-state index in [4.69, 9.17) is 0 Å². The molecule has 2 aromatic carbocycles. The third-order valence-corrected chi connectivity index (χ3v) is 8.94. The molecule has 0 unspecified atom stereocenters. The molecule has 4 bridgehead atoms. The summed E-state index contributed by atoms with van der Waals surface area (Å²) in [5.74, 6) is 2.73. The molecule has 0 saturated heterocycles. The molecule has 28 heavy (non-hydrogen) atoms. The van der Waals surface area contributed by atoms with E-state index in [-0.39, 0.29) is 0 Å². The largest absolute Gasteiger partial charge is 0.280 e. The predicted molar refractivity (Wildman–Crippen MR) is 113 cm³/mol. The van der Waals surface area contributed by atoms with Crippen molar-refractivity contribution >= 4 is 15.7 Å². The average molecular weight is 396 g/mol. The van der Waals surface area contributed by atoms with E-state index in [2.05, 4.69) is 16.9 Å². The second-order valence-corrected chi connectivity index (χ2v) is 11.3. The van der Waals surface area contributed by atoms with Gasteiger partial charge in [-0.2, -0.15) is 0 Å². The molecule has 6 rings (SSSR count). The normalized spacial score (nSPS) is 31.1. The highest BCUT2D eigenvalue weighted by Gasteiger charge is 2.51. The molecule has 0 aliphatic heterocycles. The maximum absolute atomic E-state index is 12.9. The molecule has 148 valence electrons. The van der Waals surface area contributed by atoms with Crippen LogP contribution in [0.25, 0.3) is 0 Å². The Labute approximate surface area is 168 Å². The molecule has 4 aliphatic rings. The Morgan fingerprint density at radius 3 is 2.00 bits per heavy atom. The van der Waals surface area contributed by atoms with E-state index in [9.17, 15) is 8.42 Å². The first-order chi connectivity index (χ1) is 13.3. The summed E-state index contributed by atoms with van der Waals surface area (Å²) in [6, 6.07) is 13.8. The quantitative estimate of drug-likeness (QED) is 0.735. The summed E-state index contributed by atoms with van der Waals surface area (Å²) in [6.07, 6.45) is 8.29. The first kappa shape index (κ1) is 18.2. The van der Waals surface area contributed by atoms with E-state index >= 15 is 0 Å². The minimum Gasteiger partial charge on any atom is -0.280 e. The van der Waals surface area contributed by atoms with E-state index in [1.54, 1.807) is 6.07 Å². The summed E-state index contributed by atoms with van der Waals surface area (Å²) < 4.78 is 28.5. The lowest BCUT2D eigenvalue weighted by Gasteiger charge is -2.57. The number of hydrogen-bond acceptors (Lipinski definition) is 2. The lowest BCUT2D eigenvalue weighted by atomic mass is 9.48. The fourth-order valence-corrected chi connectivity index (χ4v) is 7.95. The summed E-state index contributed by atoms with van der Waals surface area (Å²) in [4.78, 5) is 0.359. The van der Waals surface area contributed by atoms with Crippen molar-refractivity contribution in [3.63, 3.8) is 0 Å². The van der Waals surface area contributed by atoms with E-state index in [0.717, 1.165) is 28.9 Å². The standard InChI is InChI=1S/C24H29NO2S/c1-16-3-4-17(2)23(9-16)28(26,27)25-22-7-5-21(6-8-22)24-13-18-10-19(14-24)12-20(11-18)15-24/h3-9,18-20,25H,10-15H2,1-2H3. The van der Waals surface area contributed by atoms with E-state index < -0.39 is 10.0 Å². The summed E-state index contributed by atoms with van der Waals surface area (Å²) >= 11 is 0. The van der Waals surface area contributed by atoms with Gasteiger partial charge in [0.25, 0.3) is 10.0 Å². The van der Waals surface area contributed by atoms with Crippen LogP contribution >= 0.6 is 0 Å². The summed E-state index contributed by atoms with van der Waals surface area (Å²) in [5, 5.41) is 0. The summed E-state index contributed by atoms with van der Waals surface area (Å²) in [7, 11) is -3.57. The molecule has 1 N–H and O–H groups in total. The number of anilines is 1. The first-order valence-electron chi connectivity index (χ1n) is 10.5. The topological polar surface area (TPSA) is 46.2 Å². The third kappa shape index (κ3) is 3.06. The lowest BCUT2D eigenvalue weighted by molar-refractivity contribution is -0.00518. The van der Waals surface area contributed by atoms with E-state index in [1.807, 2.05) is 38.1 Å². The van der Waals surface area contributed by atoms with Crippen LogP contribution in [0.4, 0.5) is 5.69 Å². The maximum Gasteiger partial charge on any atom is 0.262 e. The molecule has 2 aromatic rings. The van der Waals surface area contributed by atoms with Gasteiger partial charge in [0.05, 0.1) is 4.90 Å². The van der Waals surface area contributed by atoms with Crippen LogP contribution in [-0.2, 0) is 15.4 Å². The molecule has 0 spiro atoms. The molecule has 0 amide bonds. The zero-order valence-corrected chi connectivity index (χ0v) is 17.6. The van der Waals surface area contributed by atoms with Gasteiger partial charge in [-0.1, -0.05) is 24.3 Å². The number of aryl methyl sites for hydroxylation is 2. The van der Waals surface area contributed by atoms with Gasteiger partial charge in [0.15, 0.2) is 0 Å². The van der Waals surface area contributed by atoms with Crippen molar-refractivity contribution in [2.75, 3.05) is 4.72 Å². The molecule has 4 heteroatoms. The van der Waals surface area contributed by atoms with Crippen molar-refractivity contribution < 1.29 is 8.42 Å². The van der Waals surface area contributed by atoms with Crippen molar-refractivity contribution in [3.05, 3.63) is 59.2 Å². The van der Waals surface area contributed by atoms with E-state index in [1.165, 1.54) is 44.1 Å². The minimum atomic E-state index is -3.57. The molecular weight excluding hydrogens is 366 g/mol. The number of rotatable bonds is 4. The summed E-state index contributed by atoms with van der Waals surface area (Å²) in [6.45, 7) is 3.75. The van der Waals surface area contributed by atoms with Gasteiger partial charge >= 0.3 is 0 Å². The Morgan fingerprint density at radius 1 is 0.857 bits per heavy atom. The lowest BCUT2D eigenvalue weighted by Crippen LogP contribution is -2.48.